The molecule has 1 aromatic heterocycles. The summed E-state index contributed by atoms with van der Waals surface area (Å²) >= 11 is 0. The van der Waals surface area contributed by atoms with Crippen molar-refractivity contribution in [1.29, 1.82) is 5.26 Å². The predicted octanol–water partition coefficient (Wildman–Crippen LogP) is -0.332. The monoisotopic (exact) mass is 182 g/mol. The van der Waals surface area contributed by atoms with E-state index >= 15 is 0 Å². The summed E-state index contributed by atoms with van der Waals surface area (Å²) in [5.74, 6) is 0.0673. The summed E-state index contributed by atoms with van der Waals surface area (Å²) in [5.41, 5.74) is 5.56. The molecule has 1 heterocycles. The van der Waals surface area contributed by atoms with Crippen LogP contribution in [0.25, 0.3) is 0 Å². The first-order chi connectivity index (χ1) is 5.65. The van der Waals surface area contributed by atoms with E-state index in [1.807, 2.05) is 6.07 Å². The highest BCUT2D eigenvalue weighted by atomic mass is 32.2. The smallest absolute Gasteiger partial charge is 0.220 e. The lowest BCUT2D eigenvalue weighted by molar-refractivity contribution is 0.680. The van der Waals surface area contributed by atoms with Gasteiger partial charge in [0, 0.05) is 6.26 Å². The lowest BCUT2D eigenvalue weighted by Gasteiger charge is -1.97. The lowest BCUT2D eigenvalue weighted by atomic mass is 10.3. The molecule has 0 amide bonds. The van der Waals surface area contributed by atoms with Crippen LogP contribution in [0.2, 0.25) is 0 Å². The maximum atomic E-state index is 10.8. The number of aromatic nitrogens is 2. The van der Waals surface area contributed by atoms with Crippen molar-refractivity contribution in [2.45, 2.75) is 5.16 Å². The summed E-state index contributed by atoms with van der Waals surface area (Å²) in [6.45, 7) is 0. The quantitative estimate of drug-likeness (QED) is 0.600. The maximum absolute atomic E-state index is 10.8. The van der Waals surface area contributed by atoms with E-state index in [0.29, 0.717) is 0 Å². The summed E-state index contributed by atoms with van der Waals surface area (Å²) in [4.78, 5) is 7.38. The number of nitrogens with two attached hydrogens (primary N) is 1. The zero-order valence-corrected chi connectivity index (χ0v) is 7.13. The minimum absolute atomic E-state index is 0.0673. The Balaban J connectivity index is 3.21. The van der Waals surface area contributed by atoms with Crippen molar-refractivity contribution in [2.24, 2.45) is 0 Å². The van der Waals surface area contributed by atoms with Crippen molar-refractivity contribution in [2.75, 3.05) is 12.0 Å². The van der Waals surface area contributed by atoms with E-state index in [1.54, 1.807) is 0 Å². The normalized spacial score (nSPS) is 12.0. The Hall–Kier alpha value is -1.48. The number of nitrogen functional groups attached to an aromatic ring is 1. The van der Waals surface area contributed by atoms with Gasteiger partial charge in [0.15, 0.2) is 0 Å². The molecule has 62 valence electrons. The Morgan fingerprint density at radius 3 is 2.83 bits per heavy atom. The van der Waals surface area contributed by atoms with E-state index in [9.17, 15) is 4.21 Å². The van der Waals surface area contributed by atoms with Gasteiger partial charge in [-0.2, -0.15) is 5.26 Å². The number of nitriles is 1. The molecule has 0 spiro atoms. The highest BCUT2D eigenvalue weighted by Crippen LogP contribution is 2.06. The molecule has 1 unspecified atom stereocenters. The summed E-state index contributed by atoms with van der Waals surface area (Å²) in [7, 11) is -1.26. The largest absolute Gasteiger partial charge is 0.382 e. The van der Waals surface area contributed by atoms with Crippen LogP contribution in [0.5, 0.6) is 0 Å². The zero-order chi connectivity index (χ0) is 9.14. The molecule has 0 saturated heterocycles. The van der Waals surface area contributed by atoms with Gasteiger partial charge in [0.25, 0.3) is 0 Å². The second kappa shape index (κ2) is 3.28. The molecule has 0 aliphatic carbocycles. The van der Waals surface area contributed by atoms with Crippen LogP contribution in [0, 0.1) is 11.3 Å². The molecule has 12 heavy (non-hydrogen) atoms. The molecule has 0 aliphatic heterocycles. The molecule has 1 aromatic rings. The van der Waals surface area contributed by atoms with Crippen LogP contribution < -0.4 is 5.73 Å². The molecular weight excluding hydrogens is 176 g/mol. The molecule has 2 N–H and O–H groups in total. The van der Waals surface area contributed by atoms with E-state index in [0.717, 1.165) is 0 Å². The molecule has 0 saturated carbocycles. The fraction of sp³-hybridized carbons (Fsp3) is 0.167. The molecular formula is C6H6N4OS. The first kappa shape index (κ1) is 8.62. The van der Waals surface area contributed by atoms with E-state index in [4.69, 9.17) is 11.0 Å². The van der Waals surface area contributed by atoms with Crippen LogP contribution in [0.1, 0.15) is 5.56 Å². The molecule has 0 fully saturated rings. The van der Waals surface area contributed by atoms with E-state index in [1.165, 1.54) is 12.5 Å². The average Bonchev–Trinajstić information content (AvgIpc) is 2.04. The highest BCUT2D eigenvalue weighted by Gasteiger charge is 2.05. The number of hydrogen-bond acceptors (Lipinski definition) is 5. The molecule has 0 radical (unpaired) electrons. The van der Waals surface area contributed by atoms with Crippen molar-refractivity contribution in [1.82, 2.24) is 9.97 Å². The van der Waals surface area contributed by atoms with Gasteiger partial charge in [-0.3, -0.25) is 4.21 Å². The second-order valence-electron chi connectivity index (χ2n) is 2.02. The van der Waals surface area contributed by atoms with Gasteiger partial charge in [0.05, 0.1) is 17.0 Å². The molecule has 0 aliphatic rings. The summed E-state index contributed by atoms with van der Waals surface area (Å²) in [6, 6.07) is 1.81. The number of hydrogen-bond donors (Lipinski definition) is 1. The number of anilines is 1. The van der Waals surface area contributed by atoms with Gasteiger partial charge in [-0.05, 0) is 0 Å². The van der Waals surface area contributed by atoms with Gasteiger partial charge in [-0.15, -0.1) is 0 Å². The fourth-order valence-corrected chi connectivity index (χ4v) is 1.03. The van der Waals surface area contributed by atoms with Crippen LogP contribution in [-0.2, 0) is 10.8 Å². The van der Waals surface area contributed by atoms with Crippen LogP contribution in [0.15, 0.2) is 11.4 Å². The molecule has 0 bridgehead atoms. The molecule has 1 rings (SSSR count). The maximum Gasteiger partial charge on any atom is 0.220 e. The topological polar surface area (TPSA) is 92.7 Å². The third kappa shape index (κ3) is 1.57. The van der Waals surface area contributed by atoms with Crippen molar-refractivity contribution in [3.05, 3.63) is 11.8 Å². The Kier molecular flexibility index (Phi) is 2.35. The van der Waals surface area contributed by atoms with Gasteiger partial charge >= 0.3 is 0 Å². The van der Waals surface area contributed by atoms with Crippen molar-refractivity contribution in [3.63, 3.8) is 0 Å². The molecule has 1 atom stereocenters. The van der Waals surface area contributed by atoms with Gasteiger partial charge in [-0.1, -0.05) is 0 Å². The molecule has 0 aromatic carbocycles. The van der Waals surface area contributed by atoms with E-state index in [2.05, 4.69) is 9.97 Å². The minimum Gasteiger partial charge on any atom is -0.382 e. The third-order valence-electron chi connectivity index (χ3n) is 1.17. The Morgan fingerprint density at radius 2 is 2.42 bits per heavy atom. The molecule has 5 nitrogen and oxygen atoms in total. The fourth-order valence-electron chi connectivity index (χ4n) is 0.603. The first-order valence-electron chi connectivity index (χ1n) is 3.01. The van der Waals surface area contributed by atoms with Crippen molar-refractivity contribution in [3.8, 4) is 6.07 Å². The Bertz CT molecular complexity index is 370. The standard InChI is InChI=1S/C6H6N4OS/c1-12(11)6-9-3-4(2-7)5(8)10-6/h3H,1H3,(H2,8,9,10). The van der Waals surface area contributed by atoms with Crippen molar-refractivity contribution < 1.29 is 4.21 Å². The van der Waals surface area contributed by atoms with Gasteiger partial charge in [0.1, 0.15) is 17.5 Å². The summed E-state index contributed by atoms with van der Waals surface area (Å²) in [5, 5.41) is 8.61. The second-order valence-corrected chi connectivity index (χ2v) is 3.29. The highest BCUT2D eigenvalue weighted by molar-refractivity contribution is 7.84. The Morgan fingerprint density at radius 1 is 1.75 bits per heavy atom. The predicted molar refractivity (Wildman–Crippen MR) is 43.5 cm³/mol. The van der Waals surface area contributed by atoms with Crippen LogP contribution in [0.3, 0.4) is 0 Å². The van der Waals surface area contributed by atoms with Gasteiger partial charge < -0.3 is 5.73 Å². The van der Waals surface area contributed by atoms with Crippen LogP contribution in [0.4, 0.5) is 5.82 Å². The van der Waals surface area contributed by atoms with E-state index in [-0.39, 0.29) is 16.5 Å². The number of rotatable bonds is 1. The average molecular weight is 182 g/mol. The Labute approximate surface area is 71.7 Å². The SMILES string of the molecule is CS(=O)c1ncc(C#N)c(N)n1. The van der Waals surface area contributed by atoms with E-state index < -0.39 is 10.8 Å². The van der Waals surface area contributed by atoms with Crippen molar-refractivity contribution >= 4 is 16.6 Å². The summed E-state index contributed by atoms with van der Waals surface area (Å²) < 4.78 is 10.8. The van der Waals surface area contributed by atoms with Gasteiger partial charge in [0.2, 0.25) is 5.16 Å². The summed E-state index contributed by atoms with van der Waals surface area (Å²) in [6.07, 6.45) is 2.71. The third-order valence-corrected chi connectivity index (χ3v) is 1.88. The number of nitrogens with zero attached hydrogens (tertiary/aromatic N) is 3. The van der Waals surface area contributed by atoms with Crippen LogP contribution >= 0.6 is 0 Å². The first-order valence-corrected chi connectivity index (χ1v) is 4.57. The van der Waals surface area contributed by atoms with Gasteiger partial charge in [-0.25, -0.2) is 9.97 Å². The van der Waals surface area contributed by atoms with Crippen LogP contribution in [-0.4, -0.2) is 20.4 Å². The zero-order valence-electron chi connectivity index (χ0n) is 6.31. The lowest BCUT2D eigenvalue weighted by Crippen LogP contribution is -2.02. The molecule has 6 heteroatoms. The minimum atomic E-state index is -1.26.